The van der Waals surface area contributed by atoms with Gasteiger partial charge in [-0.25, -0.2) is 0 Å². The first-order chi connectivity index (χ1) is 15.3. The average Bonchev–Trinajstić information content (AvgIpc) is 3.41. The number of thioether (sulfide) groups is 2. The molecule has 0 saturated carbocycles. The highest BCUT2D eigenvalue weighted by molar-refractivity contribution is 7.99. The number of para-hydroxylation sites is 2. The van der Waals surface area contributed by atoms with Crippen molar-refractivity contribution < 1.29 is 0 Å². The summed E-state index contributed by atoms with van der Waals surface area (Å²) in [5.74, 6) is 3.13. The molecule has 2 aromatic carbocycles. The third-order valence-electron chi connectivity index (χ3n) is 4.41. The molecule has 0 N–H and O–H groups in total. The number of nitrogens with zero attached hydrogens (tertiary/aromatic N) is 6. The third-order valence-corrected chi connectivity index (χ3v) is 6.26. The maximum atomic E-state index is 4.50. The van der Waals surface area contributed by atoms with Crippen molar-refractivity contribution in [3.8, 4) is 11.4 Å². The highest BCUT2D eigenvalue weighted by atomic mass is 32.2. The predicted octanol–water partition coefficient (Wildman–Crippen LogP) is 5.00. The largest absolute Gasteiger partial charge is 0.274 e. The molecule has 0 aliphatic heterocycles. The second-order valence-corrected chi connectivity index (χ2v) is 8.49. The summed E-state index contributed by atoms with van der Waals surface area (Å²) in [6.07, 6.45) is 4.22. The summed E-state index contributed by atoms with van der Waals surface area (Å²) in [5.41, 5.74) is 2.03. The van der Waals surface area contributed by atoms with Crippen molar-refractivity contribution in [3.05, 3.63) is 97.6 Å². The fraction of sp³-hybridized carbons (Fsp3) is 0.130. The standard InChI is InChI=1S/C23H22N6S2/c1-3-15-30-22-26-24-20(28(22)18-11-7-5-8-12-18)17-21-25-27-23(31-16-4-2)29(21)19-13-9-6-10-14-19/h3-14H,1-2,15-17H2. The molecule has 2 heterocycles. The molecule has 0 bridgehead atoms. The second-order valence-electron chi connectivity index (χ2n) is 6.52. The van der Waals surface area contributed by atoms with Gasteiger partial charge in [-0.05, 0) is 24.3 Å². The summed E-state index contributed by atoms with van der Waals surface area (Å²) in [4.78, 5) is 0. The van der Waals surface area contributed by atoms with Gasteiger partial charge in [0, 0.05) is 22.9 Å². The van der Waals surface area contributed by atoms with Gasteiger partial charge in [0.25, 0.3) is 0 Å². The average molecular weight is 447 g/mol. The summed E-state index contributed by atoms with van der Waals surface area (Å²) in [6, 6.07) is 20.3. The van der Waals surface area contributed by atoms with E-state index in [1.165, 1.54) is 0 Å². The summed E-state index contributed by atoms with van der Waals surface area (Å²) in [6.45, 7) is 7.63. The van der Waals surface area contributed by atoms with E-state index in [0.29, 0.717) is 6.42 Å². The molecule has 0 spiro atoms. The van der Waals surface area contributed by atoms with Crippen molar-refractivity contribution in [2.75, 3.05) is 11.5 Å². The zero-order chi connectivity index (χ0) is 21.5. The first kappa shape index (κ1) is 21.1. The van der Waals surface area contributed by atoms with E-state index in [9.17, 15) is 0 Å². The van der Waals surface area contributed by atoms with Crippen LogP contribution in [0.4, 0.5) is 0 Å². The Kier molecular flexibility index (Phi) is 7.01. The van der Waals surface area contributed by atoms with Crippen molar-refractivity contribution >= 4 is 23.5 Å². The van der Waals surface area contributed by atoms with Gasteiger partial charge in [-0.1, -0.05) is 72.1 Å². The molecular weight excluding hydrogens is 424 g/mol. The van der Waals surface area contributed by atoms with Crippen LogP contribution in [0, 0.1) is 0 Å². The van der Waals surface area contributed by atoms with Crippen LogP contribution in [0.1, 0.15) is 11.6 Å². The van der Waals surface area contributed by atoms with Crippen molar-refractivity contribution in [3.63, 3.8) is 0 Å². The zero-order valence-corrected chi connectivity index (χ0v) is 18.6. The Morgan fingerprint density at radius 2 is 1.06 bits per heavy atom. The van der Waals surface area contributed by atoms with Crippen LogP contribution in [0.3, 0.4) is 0 Å². The van der Waals surface area contributed by atoms with Crippen LogP contribution in [0.15, 0.2) is 96.3 Å². The molecular formula is C23H22N6S2. The number of aromatic nitrogens is 6. The topological polar surface area (TPSA) is 61.4 Å². The van der Waals surface area contributed by atoms with Crippen LogP contribution in [-0.2, 0) is 6.42 Å². The molecule has 0 saturated heterocycles. The SMILES string of the molecule is C=CCSc1nnc(Cc2nnc(SCC=C)n2-c2ccccc2)n1-c1ccccc1. The molecule has 2 aromatic heterocycles. The summed E-state index contributed by atoms with van der Waals surface area (Å²) >= 11 is 3.21. The lowest BCUT2D eigenvalue weighted by Crippen LogP contribution is -2.08. The molecule has 8 heteroatoms. The van der Waals surface area contributed by atoms with Crippen molar-refractivity contribution in [2.45, 2.75) is 16.7 Å². The van der Waals surface area contributed by atoms with Crippen LogP contribution in [0.5, 0.6) is 0 Å². The van der Waals surface area contributed by atoms with Crippen molar-refractivity contribution in [2.24, 2.45) is 0 Å². The number of hydrogen-bond donors (Lipinski definition) is 0. The Morgan fingerprint density at radius 1 is 0.645 bits per heavy atom. The monoisotopic (exact) mass is 446 g/mol. The van der Waals surface area contributed by atoms with Crippen LogP contribution in [0.25, 0.3) is 11.4 Å². The van der Waals surface area contributed by atoms with E-state index in [2.05, 4.69) is 67.0 Å². The maximum absolute atomic E-state index is 4.50. The van der Waals surface area contributed by atoms with Gasteiger partial charge in [-0.2, -0.15) is 0 Å². The summed E-state index contributed by atoms with van der Waals surface area (Å²) < 4.78 is 4.16. The van der Waals surface area contributed by atoms with Crippen molar-refractivity contribution in [1.82, 2.24) is 29.5 Å². The highest BCUT2D eigenvalue weighted by Gasteiger charge is 2.20. The van der Waals surface area contributed by atoms with E-state index in [-0.39, 0.29) is 0 Å². The first-order valence-corrected chi connectivity index (χ1v) is 11.8. The molecule has 31 heavy (non-hydrogen) atoms. The molecule has 4 aromatic rings. The molecule has 0 aliphatic rings. The molecule has 0 atom stereocenters. The van der Waals surface area contributed by atoms with Crippen LogP contribution >= 0.6 is 23.5 Å². The number of benzene rings is 2. The van der Waals surface area contributed by atoms with E-state index in [1.54, 1.807) is 23.5 Å². The minimum Gasteiger partial charge on any atom is -0.274 e. The van der Waals surface area contributed by atoms with Gasteiger partial charge >= 0.3 is 0 Å². The van der Waals surface area contributed by atoms with Gasteiger partial charge in [-0.15, -0.1) is 33.6 Å². The lowest BCUT2D eigenvalue weighted by atomic mass is 10.3. The molecule has 0 fully saturated rings. The van der Waals surface area contributed by atoms with Crippen LogP contribution in [-0.4, -0.2) is 41.0 Å². The third kappa shape index (κ3) is 4.81. The van der Waals surface area contributed by atoms with Crippen molar-refractivity contribution in [1.29, 1.82) is 0 Å². The summed E-state index contributed by atoms with van der Waals surface area (Å²) in [7, 11) is 0. The fourth-order valence-electron chi connectivity index (χ4n) is 3.10. The zero-order valence-electron chi connectivity index (χ0n) is 17.0. The van der Waals surface area contributed by atoms with E-state index < -0.39 is 0 Å². The van der Waals surface area contributed by atoms with Crippen LogP contribution in [0.2, 0.25) is 0 Å². The van der Waals surface area contributed by atoms with E-state index in [0.717, 1.165) is 44.8 Å². The molecule has 0 unspecified atom stereocenters. The van der Waals surface area contributed by atoms with Gasteiger partial charge in [-0.3, -0.25) is 9.13 Å². The fourth-order valence-corrected chi connectivity index (χ4v) is 4.51. The molecule has 0 aliphatic carbocycles. The first-order valence-electron chi connectivity index (χ1n) is 9.78. The van der Waals surface area contributed by atoms with Gasteiger partial charge in [0.05, 0.1) is 6.42 Å². The van der Waals surface area contributed by atoms with Crippen LogP contribution < -0.4 is 0 Å². The smallest absolute Gasteiger partial charge is 0.196 e. The molecule has 6 nitrogen and oxygen atoms in total. The number of rotatable bonds is 10. The lowest BCUT2D eigenvalue weighted by Gasteiger charge is -2.12. The minimum absolute atomic E-state index is 0.493. The van der Waals surface area contributed by atoms with Gasteiger partial charge < -0.3 is 0 Å². The Balaban J connectivity index is 1.76. The maximum Gasteiger partial charge on any atom is 0.196 e. The second kappa shape index (κ2) is 10.3. The van der Waals surface area contributed by atoms with E-state index >= 15 is 0 Å². The van der Waals surface area contributed by atoms with E-state index in [4.69, 9.17) is 0 Å². The van der Waals surface area contributed by atoms with Gasteiger partial charge in [0.15, 0.2) is 10.3 Å². The quantitative estimate of drug-likeness (QED) is 0.252. The Hall–Kier alpha value is -3.10. The minimum atomic E-state index is 0.493. The lowest BCUT2D eigenvalue weighted by molar-refractivity contribution is 0.792. The predicted molar refractivity (Wildman–Crippen MR) is 127 cm³/mol. The molecule has 156 valence electrons. The Labute approximate surface area is 190 Å². The Bertz CT molecular complexity index is 1060. The highest BCUT2D eigenvalue weighted by Crippen LogP contribution is 2.26. The van der Waals surface area contributed by atoms with Gasteiger partial charge in [0.1, 0.15) is 11.6 Å². The molecule has 4 rings (SSSR count). The molecule has 0 amide bonds. The normalized spacial score (nSPS) is 10.8. The Morgan fingerprint density at radius 3 is 1.45 bits per heavy atom. The van der Waals surface area contributed by atoms with E-state index in [1.807, 2.05) is 48.6 Å². The summed E-state index contributed by atoms with van der Waals surface area (Å²) in [5, 5.41) is 19.5. The number of hydrogen-bond acceptors (Lipinski definition) is 6. The molecule has 0 radical (unpaired) electrons. The van der Waals surface area contributed by atoms with Gasteiger partial charge in [0.2, 0.25) is 0 Å².